The Hall–Kier alpha value is -1.16. The molecule has 0 aliphatic rings. The molecule has 0 aromatic heterocycles. The van der Waals surface area contributed by atoms with Gasteiger partial charge in [-0.2, -0.15) is 0 Å². The van der Waals surface area contributed by atoms with Crippen LogP contribution < -0.4 is 40.6 Å². The Bertz CT molecular complexity index is 380. The number of carbonyl (C=O) groups excluding carboxylic acids is 1. The van der Waals surface area contributed by atoms with Gasteiger partial charge in [0, 0.05) is 12.8 Å². The summed E-state index contributed by atoms with van der Waals surface area (Å²) in [7, 11) is 0. The monoisotopic (exact) mass is 300 g/mol. The largest absolute Gasteiger partial charge is 1.00 e. The van der Waals surface area contributed by atoms with Crippen LogP contribution in [-0.4, -0.2) is 51.2 Å². The molecule has 2 unspecified atom stereocenters. The maximum Gasteiger partial charge on any atom is 1.00 e. The number of nitrogens with one attached hydrogen (secondary N) is 1. The van der Waals surface area contributed by atoms with Gasteiger partial charge in [0.15, 0.2) is 0 Å². The van der Waals surface area contributed by atoms with Crippen LogP contribution >= 0.6 is 0 Å². The third kappa shape index (κ3) is 9.73. The predicted octanol–water partition coefficient (Wildman–Crippen LogP) is -4.27. The van der Waals surface area contributed by atoms with Crippen LogP contribution in [0, 0.1) is 0 Å². The van der Waals surface area contributed by atoms with Crippen molar-refractivity contribution >= 4 is 23.8 Å². The van der Waals surface area contributed by atoms with E-state index in [-0.39, 0.29) is 50.2 Å². The minimum absolute atomic E-state index is 0. The van der Waals surface area contributed by atoms with Gasteiger partial charge < -0.3 is 27.8 Å². The minimum Gasteiger partial charge on any atom is -1.00 e. The second-order valence-corrected chi connectivity index (χ2v) is 3.87. The predicted molar refractivity (Wildman–Crippen MR) is 62.4 cm³/mol. The summed E-state index contributed by atoms with van der Waals surface area (Å²) < 4.78 is 0. The first-order valence-corrected chi connectivity index (χ1v) is 5.46. The van der Waals surface area contributed by atoms with Crippen molar-refractivity contribution in [1.29, 1.82) is 0 Å². The van der Waals surface area contributed by atoms with Crippen LogP contribution in [0.4, 0.5) is 0 Å². The molecule has 0 rings (SSSR count). The topological polar surface area (TPSA) is 167 Å². The van der Waals surface area contributed by atoms with Crippen molar-refractivity contribution in [3.05, 3.63) is 0 Å². The third-order valence-electron chi connectivity index (χ3n) is 2.27. The molecule has 0 aromatic rings. The van der Waals surface area contributed by atoms with Crippen LogP contribution in [0.25, 0.3) is 0 Å². The van der Waals surface area contributed by atoms with E-state index in [2.05, 4.69) is 5.32 Å². The van der Waals surface area contributed by atoms with E-state index in [9.17, 15) is 19.2 Å². The molecule has 0 spiro atoms. The Morgan fingerprint density at radius 3 is 1.85 bits per heavy atom. The molecule has 110 valence electrons. The van der Waals surface area contributed by atoms with Crippen LogP contribution in [-0.2, 0) is 19.2 Å². The molecule has 0 heterocycles. The van der Waals surface area contributed by atoms with Crippen LogP contribution in [0.1, 0.15) is 27.1 Å². The van der Waals surface area contributed by atoms with E-state index in [1.165, 1.54) is 0 Å². The van der Waals surface area contributed by atoms with Crippen molar-refractivity contribution in [2.75, 3.05) is 0 Å². The van der Waals surface area contributed by atoms with Crippen LogP contribution in [0.5, 0.6) is 0 Å². The van der Waals surface area contributed by atoms with E-state index >= 15 is 0 Å². The zero-order valence-corrected chi connectivity index (χ0v) is 13.0. The molecule has 0 aromatic carbocycles. The first kappa shape index (κ1) is 21.1. The minimum atomic E-state index is -1.37. The molecular formula is C10H17N2NaO7. The van der Waals surface area contributed by atoms with Crippen molar-refractivity contribution in [3.8, 4) is 0 Å². The summed E-state index contributed by atoms with van der Waals surface area (Å²) in [5.74, 6) is -4.50. The van der Waals surface area contributed by atoms with Gasteiger partial charge in [-0.05, 0) is 12.8 Å². The van der Waals surface area contributed by atoms with Gasteiger partial charge in [-0.3, -0.25) is 14.4 Å². The number of carboxylic acids is 3. The van der Waals surface area contributed by atoms with Crippen molar-refractivity contribution in [2.45, 2.75) is 37.8 Å². The number of carboxylic acid groups (broad SMARTS) is 3. The Balaban J connectivity index is -0.00000162. The molecule has 0 saturated carbocycles. The Morgan fingerprint density at radius 2 is 1.45 bits per heavy atom. The van der Waals surface area contributed by atoms with Gasteiger partial charge in [0.1, 0.15) is 6.04 Å². The van der Waals surface area contributed by atoms with E-state index in [0.717, 1.165) is 0 Å². The van der Waals surface area contributed by atoms with E-state index in [4.69, 9.17) is 21.1 Å². The molecule has 6 N–H and O–H groups in total. The number of rotatable bonds is 9. The molecule has 10 heteroatoms. The smallest absolute Gasteiger partial charge is 1.00 e. The fourth-order valence-corrected chi connectivity index (χ4v) is 1.21. The van der Waals surface area contributed by atoms with E-state index < -0.39 is 42.3 Å². The molecular weight excluding hydrogens is 283 g/mol. The fourth-order valence-electron chi connectivity index (χ4n) is 1.21. The molecule has 0 aliphatic carbocycles. The van der Waals surface area contributed by atoms with Gasteiger partial charge in [0.25, 0.3) is 0 Å². The van der Waals surface area contributed by atoms with Crippen molar-refractivity contribution < 1.29 is 65.5 Å². The summed E-state index contributed by atoms with van der Waals surface area (Å²) >= 11 is 0. The number of hydrogen-bond donors (Lipinski definition) is 5. The zero-order valence-electron chi connectivity index (χ0n) is 12.0. The number of carbonyl (C=O) groups is 4. The second kappa shape index (κ2) is 10.6. The third-order valence-corrected chi connectivity index (χ3v) is 2.27. The maximum atomic E-state index is 11.5. The Labute approximate surface area is 138 Å². The Kier molecular flexibility index (Phi) is 11.2. The van der Waals surface area contributed by atoms with Crippen molar-refractivity contribution in [3.63, 3.8) is 0 Å². The molecule has 0 saturated heterocycles. The molecule has 2 atom stereocenters. The number of amides is 1. The van der Waals surface area contributed by atoms with Gasteiger partial charge in [-0.25, -0.2) is 4.79 Å². The average Bonchev–Trinajstić information content (AvgIpc) is 2.30. The molecule has 0 radical (unpaired) electrons. The molecule has 0 bridgehead atoms. The average molecular weight is 300 g/mol. The summed E-state index contributed by atoms with van der Waals surface area (Å²) in [6, 6.07) is -2.51. The summed E-state index contributed by atoms with van der Waals surface area (Å²) in [4.78, 5) is 42.9. The van der Waals surface area contributed by atoms with Gasteiger partial charge in [0.05, 0.1) is 6.04 Å². The first-order chi connectivity index (χ1) is 8.73. The van der Waals surface area contributed by atoms with Gasteiger partial charge >= 0.3 is 47.5 Å². The summed E-state index contributed by atoms with van der Waals surface area (Å²) in [5, 5.41) is 27.7. The van der Waals surface area contributed by atoms with E-state index in [0.29, 0.717) is 0 Å². The number of aliphatic carboxylic acids is 3. The molecule has 0 aliphatic heterocycles. The van der Waals surface area contributed by atoms with Crippen LogP contribution in [0.3, 0.4) is 0 Å². The standard InChI is InChI=1S/C10H16N2O7.Na.H/c11-5(1-3-7(13)14)9(17)12-6(10(18)19)2-4-8(15)16;;/h5-6H,1-4,11H2,(H,12,17)(H,13,14)(H,15,16)(H,18,19);;/q;+1;-1. The van der Waals surface area contributed by atoms with Crippen molar-refractivity contribution in [1.82, 2.24) is 5.32 Å². The van der Waals surface area contributed by atoms with Gasteiger partial charge in [0.2, 0.25) is 5.91 Å². The summed E-state index contributed by atoms with van der Waals surface area (Å²) in [6.07, 6.45) is -1.14. The Morgan fingerprint density at radius 1 is 1.00 bits per heavy atom. The quantitative estimate of drug-likeness (QED) is 0.267. The molecule has 1 amide bonds. The molecule has 20 heavy (non-hydrogen) atoms. The molecule has 9 nitrogen and oxygen atoms in total. The van der Waals surface area contributed by atoms with Crippen LogP contribution in [0.2, 0.25) is 0 Å². The van der Waals surface area contributed by atoms with Crippen molar-refractivity contribution in [2.24, 2.45) is 5.73 Å². The SMILES string of the molecule is NC(CCC(=O)O)C(=O)NC(CCC(=O)O)C(=O)O.[H-].[Na+]. The molecule has 0 fully saturated rings. The summed E-state index contributed by atoms with van der Waals surface area (Å²) in [5.41, 5.74) is 5.39. The second-order valence-electron chi connectivity index (χ2n) is 3.87. The van der Waals surface area contributed by atoms with E-state index in [1.807, 2.05) is 0 Å². The summed E-state index contributed by atoms with van der Waals surface area (Å²) in [6.45, 7) is 0. The number of hydrogen-bond acceptors (Lipinski definition) is 5. The number of nitrogens with two attached hydrogens (primary N) is 1. The fraction of sp³-hybridized carbons (Fsp3) is 0.600. The van der Waals surface area contributed by atoms with Gasteiger partial charge in [-0.15, -0.1) is 0 Å². The maximum absolute atomic E-state index is 11.5. The van der Waals surface area contributed by atoms with Crippen LogP contribution in [0.15, 0.2) is 0 Å². The van der Waals surface area contributed by atoms with Gasteiger partial charge in [-0.1, -0.05) is 0 Å². The van der Waals surface area contributed by atoms with E-state index in [1.54, 1.807) is 0 Å². The first-order valence-electron chi connectivity index (χ1n) is 5.46. The normalized spacial score (nSPS) is 12.7. The zero-order chi connectivity index (χ0) is 15.0.